The van der Waals surface area contributed by atoms with Gasteiger partial charge < -0.3 is 10.6 Å². The molecule has 0 fully saturated rings. The molecule has 1 aromatic carbocycles. The highest BCUT2D eigenvalue weighted by Crippen LogP contribution is 2.11. The summed E-state index contributed by atoms with van der Waals surface area (Å²) in [6, 6.07) is 7.79. The molecular weight excluding hydrogens is 264 g/mol. The molecule has 21 heavy (non-hydrogen) atoms. The molecule has 1 amide bonds. The van der Waals surface area contributed by atoms with E-state index in [0.29, 0.717) is 18.7 Å². The average Bonchev–Trinajstić information content (AvgIpc) is 2.92. The largest absolute Gasteiger partial charge is 0.337 e. The third-order valence-corrected chi connectivity index (χ3v) is 3.12. The summed E-state index contributed by atoms with van der Waals surface area (Å²) >= 11 is 0. The lowest BCUT2D eigenvalue weighted by atomic mass is 10.1. The third kappa shape index (κ3) is 3.71. The van der Waals surface area contributed by atoms with E-state index in [9.17, 15) is 4.79 Å². The number of H-pyrrole nitrogens is 1. The lowest BCUT2D eigenvalue weighted by Crippen LogP contribution is -2.26. The number of carbonyl (C=O) groups excluding carboxylic acids is 1. The SMILES string of the molecule is Cc1[nH]ncc1C(=O)N(C)Cc1ccc(C#CCN)cc1. The van der Waals surface area contributed by atoms with Crippen LogP contribution < -0.4 is 5.73 Å². The molecule has 0 bridgehead atoms. The van der Waals surface area contributed by atoms with E-state index in [2.05, 4.69) is 22.0 Å². The first kappa shape index (κ1) is 14.8. The van der Waals surface area contributed by atoms with Crippen LogP contribution in [0.2, 0.25) is 0 Å². The summed E-state index contributed by atoms with van der Waals surface area (Å²) in [6.45, 7) is 2.72. The fraction of sp³-hybridized carbons (Fsp3) is 0.250. The monoisotopic (exact) mass is 282 g/mol. The molecule has 0 radical (unpaired) electrons. The summed E-state index contributed by atoms with van der Waals surface area (Å²) in [5.41, 5.74) is 8.68. The molecule has 5 heteroatoms. The first-order chi connectivity index (χ1) is 10.1. The number of aromatic amines is 1. The van der Waals surface area contributed by atoms with Crippen LogP contribution in [0.25, 0.3) is 0 Å². The summed E-state index contributed by atoms with van der Waals surface area (Å²) < 4.78 is 0. The van der Waals surface area contributed by atoms with Crippen LogP contribution >= 0.6 is 0 Å². The summed E-state index contributed by atoms with van der Waals surface area (Å²) in [6.07, 6.45) is 1.56. The van der Waals surface area contributed by atoms with Crippen molar-refractivity contribution in [3.05, 3.63) is 52.8 Å². The van der Waals surface area contributed by atoms with Gasteiger partial charge in [0.2, 0.25) is 0 Å². The molecule has 0 spiro atoms. The Labute approximate surface area is 124 Å². The molecule has 0 aliphatic heterocycles. The van der Waals surface area contributed by atoms with Gasteiger partial charge in [-0.1, -0.05) is 24.0 Å². The van der Waals surface area contributed by atoms with Crippen molar-refractivity contribution in [2.45, 2.75) is 13.5 Å². The molecule has 108 valence electrons. The molecule has 0 atom stereocenters. The molecule has 0 saturated carbocycles. The number of nitrogens with two attached hydrogens (primary N) is 1. The molecule has 3 N–H and O–H groups in total. The molecule has 1 heterocycles. The number of nitrogens with one attached hydrogen (secondary N) is 1. The molecule has 1 aromatic heterocycles. The molecule has 0 saturated heterocycles. The van der Waals surface area contributed by atoms with Crippen molar-refractivity contribution < 1.29 is 4.79 Å². The smallest absolute Gasteiger partial charge is 0.257 e. The zero-order chi connectivity index (χ0) is 15.2. The number of rotatable bonds is 3. The second-order valence-corrected chi connectivity index (χ2v) is 4.77. The Bertz CT molecular complexity index is 676. The highest BCUT2D eigenvalue weighted by Gasteiger charge is 2.15. The zero-order valence-electron chi connectivity index (χ0n) is 12.2. The number of aryl methyl sites for hydroxylation is 1. The Kier molecular flexibility index (Phi) is 4.75. The van der Waals surface area contributed by atoms with Crippen LogP contribution in [0.5, 0.6) is 0 Å². The Morgan fingerprint density at radius 2 is 2.10 bits per heavy atom. The Hall–Kier alpha value is -2.58. The minimum Gasteiger partial charge on any atom is -0.337 e. The molecule has 5 nitrogen and oxygen atoms in total. The number of benzene rings is 1. The number of hydrogen-bond donors (Lipinski definition) is 2. The number of carbonyl (C=O) groups is 1. The van der Waals surface area contributed by atoms with Crippen molar-refractivity contribution in [2.24, 2.45) is 5.73 Å². The predicted octanol–water partition coefficient (Wildman–Crippen LogP) is 1.30. The first-order valence-electron chi connectivity index (χ1n) is 6.65. The average molecular weight is 282 g/mol. The first-order valence-corrected chi connectivity index (χ1v) is 6.65. The van der Waals surface area contributed by atoms with Crippen molar-refractivity contribution in [2.75, 3.05) is 13.6 Å². The van der Waals surface area contributed by atoms with Crippen LogP contribution in [-0.4, -0.2) is 34.6 Å². The highest BCUT2D eigenvalue weighted by molar-refractivity contribution is 5.94. The molecule has 2 rings (SSSR count). The van der Waals surface area contributed by atoms with Gasteiger partial charge in [0.1, 0.15) is 0 Å². The van der Waals surface area contributed by atoms with Gasteiger partial charge in [0.05, 0.1) is 18.3 Å². The van der Waals surface area contributed by atoms with E-state index < -0.39 is 0 Å². The minimum atomic E-state index is -0.0479. The molecule has 2 aromatic rings. The van der Waals surface area contributed by atoms with Crippen LogP contribution in [-0.2, 0) is 6.54 Å². The van der Waals surface area contributed by atoms with Crippen molar-refractivity contribution in [1.29, 1.82) is 0 Å². The van der Waals surface area contributed by atoms with Crippen LogP contribution in [0.4, 0.5) is 0 Å². The lowest BCUT2D eigenvalue weighted by Gasteiger charge is -2.16. The van der Waals surface area contributed by atoms with Gasteiger partial charge in [-0.15, -0.1) is 0 Å². The maximum absolute atomic E-state index is 12.3. The van der Waals surface area contributed by atoms with Crippen molar-refractivity contribution in [3.63, 3.8) is 0 Å². The van der Waals surface area contributed by atoms with Crippen LogP contribution in [0.1, 0.15) is 27.2 Å². The lowest BCUT2D eigenvalue weighted by molar-refractivity contribution is 0.0784. The fourth-order valence-corrected chi connectivity index (χ4v) is 1.96. The van der Waals surface area contributed by atoms with E-state index >= 15 is 0 Å². The number of amides is 1. The zero-order valence-corrected chi connectivity index (χ0v) is 12.2. The summed E-state index contributed by atoms with van der Waals surface area (Å²) in [4.78, 5) is 13.9. The van der Waals surface area contributed by atoms with Crippen molar-refractivity contribution in [3.8, 4) is 11.8 Å². The van der Waals surface area contributed by atoms with E-state index in [1.165, 1.54) is 0 Å². The normalized spacial score (nSPS) is 9.86. The maximum Gasteiger partial charge on any atom is 0.257 e. The van der Waals surface area contributed by atoms with Crippen LogP contribution in [0.3, 0.4) is 0 Å². The van der Waals surface area contributed by atoms with Crippen LogP contribution in [0.15, 0.2) is 30.5 Å². The summed E-state index contributed by atoms with van der Waals surface area (Å²) in [5.74, 6) is 5.73. The van der Waals surface area contributed by atoms with Crippen molar-refractivity contribution in [1.82, 2.24) is 15.1 Å². The van der Waals surface area contributed by atoms with Crippen molar-refractivity contribution >= 4 is 5.91 Å². The van der Waals surface area contributed by atoms with E-state index in [1.54, 1.807) is 18.1 Å². The van der Waals surface area contributed by atoms with Gasteiger partial charge in [-0.2, -0.15) is 5.10 Å². The summed E-state index contributed by atoms with van der Waals surface area (Å²) in [7, 11) is 1.77. The number of aromatic nitrogens is 2. The predicted molar refractivity (Wildman–Crippen MR) is 81.5 cm³/mol. The number of hydrogen-bond acceptors (Lipinski definition) is 3. The van der Waals surface area contributed by atoms with Gasteiger partial charge in [-0.3, -0.25) is 9.89 Å². The van der Waals surface area contributed by atoms with Gasteiger partial charge >= 0.3 is 0 Å². The van der Waals surface area contributed by atoms with Gasteiger partial charge in [0, 0.05) is 24.8 Å². The Balaban J connectivity index is 2.04. The maximum atomic E-state index is 12.3. The second kappa shape index (κ2) is 6.73. The topological polar surface area (TPSA) is 75.0 Å². The van der Waals surface area contributed by atoms with E-state index in [1.807, 2.05) is 31.2 Å². The number of nitrogens with zero attached hydrogens (tertiary/aromatic N) is 2. The quantitative estimate of drug-likeness (QED) is 0.833. The molecule has 0 aliphatic rings. The standard InChI is InChI=1S/C16H18N4O/c1-12-15(10-18-19-12)16(21)20(2)11-14-7-5-13(6-8-14)4-3-9-17/h5-8,10H,9,11,17H2,1-2H3,(H,18,19). The molecular formula is C16H18N4O. The Morgan fingerprint density at radius 1 is 1.38 bits per heavy atom. The minimum absolute atomic E-state index is 0.0479. The van der Waals surface area contributed by atoms with E-state index in [4.69, 9.17) is 5.73 Å². The summed E-state index contributed by atoms with van der Waals surface area (Å²) in [5, 5.41) is 6.65. The van der Waals surface area contributed by atoms with Crippen LogP contribution in [0, 0.1) is 18.8 Å². The van der Waals surface area contributed by atoms with Gasteiger partial charge in [-0.05, 0) is 24.6 Å². The van der Waals surface area contributed by atoms with E-state index in [0.717, 1.165) is 16.8 Å². The molecule has 0 aliphatic carbocycles. The third-order valence-electron chi connectivity index (χ3n) is 3.12. The highest BCUT2D eigenvalue weighted by atomic mass is 16.2. The van der Waals surface area contributed by atoms with E-state index in [-0.39, 0.29) is 5.91 Å². The second-order valence-electron chi connectivity index (χ2n) is 4.77. The Morgan fingerprint density at radius 3 is 2.67 bits per heavy atom. The van der Waals surface area contributed by atoms with Gasteiger partial charge in [0.15, 0.2) is 0 Å². The van der Waals surface area contributed by atoms with Gasteiger partial charge in [-0.25, -0.2) is 0 Å². The fourth-order valence-electron chi connectivity index (χ4n) is 1.96. The molecule has 0 unspecified atom stereocenters. The van der Waals surface area contributed by atoms with Gasteiger partial charge in [0.25, 0.3) is 5.91 Å².